The van der Waals surface area contributed by atoms with E-state index in [4.69, 9.17) is 5.73 Å². The van der Waals surface area contributed by atoms with Gasteiger partial charge in [0.05, 0.1) is 5.69 Å². The van der Waals surface area contributed by atoms with Crippen LogP contribution < -0.4 is 5.73 Å². The molecule has 2 nitrogen and oxygen atoms in total. The first-order valence-corrected chi connectivity index (χ1v) is 4.67. The zero-order valence-corrected chi connectivity index (χ0v) is 7.81. The monoisotopic (exact) mass is 212 g/mol. The number of halogens is 2. The quantitative estimate of drug-likeness (QED) is 0.789. The molecule has 0 saturated heterocycles. The third kappa shape index (κ3) is 1.46. The Kier molecular flexibility index (Phi) is 2.17. The number of hydrogen-bond acceptors (Lipinski definition) is 3. The van der Waals surface area contributed by atoms with E-state index in [-0.39, 0.29) is 5.56 Å². The largest absolute Gasteiger partial charge is 0.396 e. The van der Waals surface area contributed by atoms with Gasteiger partial charge in [0.25, 0.3) is 0 Å². The molecule has 1 heterocycles. The number of rotatable bonds is 1. The molecule has 2 rings (SSSR count). The van der Waals surface area contributed by atoms with Crippen LogP contribution in [0.1, 0.15) is 0 Å². The number of hydrogen-bond donors (Lipinski definition) is 1. The average Bonchev–Trinajstić information content (AvgIpc) is 2.52. The second-order valence-electron chi connectivity index (χ2n) is 2.74. The Morgan fingerprint density at radius 1 is 1.29 bits per heavy atom. The van der Waals surface area contributed by atoms with Crippen LogP contribution in [0.25, 0.3) is 11.3 Å². The van der Waals surface area contributed by atoms with Gasteiger partial charge in [0.1, 0.15) is 17.3 Å². The Morgan fingerprint density at radius 2 is 2.07 bits per heavy atom. The van der Waals surface area contributed by atoms with E-state index in [1.54, 1.807) is 5.38 Å². The summed E-state index contributed by atoms with van der Waals surface area (Å²) < 4.78 is 29.8. The Morgan fingerprint density at radius 3 is 2.64 bits per heavy atom. The first-order chi connectivity index (χ1) is 6.68. The first-order valence-electron chi connectivity index (χ1n) is 3.84. The number of anilines is 1. The molecule has 0 radical (unpaired) electrons. The Hall–Kier alpha value is -1.49. The van der Waals surface area contributed by atoms with Gasteiger partial charge < -0.3 is 5.73 Å². The summed E-state index contributed by atoms with van der Waals surface area (Å²) in [6.07, 6.45) is 0. The topological polar surface area (TPSA) is 38.9 Å². The minimum Gasteiger partial charge on any atom is -0.396 e. The first kappa shape index (κ1) is 9.08. The fourth-order valence-corrected chi connectivity index (χ4v) is 1.72. The zero-order valence-electron chi connectivity index (χ0n) is 7.00. The molecule has 0 aliphatic rings. The predicted molar refractivity (Wildman–Crippen MR) is 51.9 cm³/mol. The Balaban J connectivity index is 2.58. The maximum atomic E-state index is 13.3. The van der Waals surface area contributed by atoms with E-state index in [0.29, 0.717) is 11.4 Å². The Bertz CT molecular complexity index is 468. The average molecular weight is 212 g/mol. The summed E-state index contributed by atoms with van der Waals surface area (Å²) in [5.41, 5.74) is 6.57. The second-order valence-corrected chi connectivity index (χ2v) is 3.37. The third-order valence-corrected chi connectivity index (χ3v) is 2.43. The van der Waals surface area contributed by atoms with Gasteiger partial charge in [-0.05, 0) is 23.7 Å². The van der Waals surface area contributed by atoms with E-state index in [9.17, 15) is 8.78 Å². The summed E-state index contributed by atoms with van der Waals surface area (Å²) >= 11 is 1.14. The van der Waals surface area contributed by atoms with E-state index >= 15 is 0 Å². The van der Waals surface area contributed by atoms with Crippen LogP contribution in [0.4, 0.5) is 14.5 Å². The minimum atomic E-state index is -0.650. The van der Waals surface area contributed by atoms with Crippen LogP contribution in [-0.4, -0.2) is 4.37 Å². The maximum absolute atomic E-state index is 13.3. The van der Waals surface area contributed by atoms with Gasteiger partial charge in [-0.15, -0.1) is 0 Å². The number of nitrogen functional groups attached to an aromatic ring is 1. The molecule has 5 heteroatoms. The van der Waals surface area contributed by atoms with Gasteiger partial charge >= 0.3 is 0 Å². The lowest BCUT2D eigenvalue weighted by Gasteiger charge is -2.00. The van der Waals surface area contributed by atoms with E-state index in [1.807, 2.05) is 0 Å². The summed E-state index contributed by atoms with van der Waals surface area (Å²) in [7, 11) is 0. The molecule has 72 valence electrons. The molecule has 2 N–H and O–H groups in total. The van der Waals surface area contributed by atoms with Crippen molar-refractivity contribution < 1.29 is 8.78 Å². The van der Waals surface area contributed by atoms with Gasteiger partial charge in [-0.2, -0.15) is 4.37 Å². The number of benzene rings is 1. The highest BCUT2D eigenvalue weighted by Crippen LogP contribution is 2.28. The van der Waals surface area contributed by atoms with Gasteiger partial charge in [-0.25, -0.2) is 8.78 Å². The van der Waals surface area contributed by atoms with Crippen molar-refractivity contribution in [2.24, 2.45) is 0 Å². The lowest BCUT2D eigenvalue weighted by atomic mass is 10.1. The number of aromatic nitrogens is 1. The van der Waals surface area contributed by atoms with Gasteiger partial charge in [-0.1, -0.05) is 0 Å². The molecule has 0 spiro atoms. The highest BCUT2D eigenvalue weighted by atomic mass is 32.1. The molecule has 0 aliphatic heterocycles. The molecule has 0 bridgehead atoms. The second kappa shape index (κ2) is 3.34. The van der Waals surface area contributed by atoms with E-state index in [0.717, 1.165) is 17.6 Å². The normalized spacial score (nSPS) is 10.4. The molecule has 0 amide bonds. The van der Waals surface area contributed by atoms with Crippen molar-refractivity contribution in [3.63, 3.8) is 0 Å². The molecular weight excluding hydrogens is 206 g/mol. The summed E-state index contributed by atoms with van der Waals surface area (Å²) in [4.78, 5) is 0. The molecule has 2 aromatic rings. The van der Waals surface area contributed by atoms with Crippen molar-refractivity contribution in [3.05, 3.63) is 35.2 Å². The molecule has 0 fully saturated rings. The summed E-state index contributed by atoms with van der Waals surface area (Å²) in [6.45, 7) is 0. The summed E-state index contributed by atoms with van der Waals surface area (Å²) in [6, 6.07) is 3.32. The van der Waals surface area contributed by atoms with Crippen molar-refractivity contribution in [2.45, 2.75) is 0 Å². The standard InChI is InChI=1S/C9H6F2N2S/c10-5-1-2-6(7(11)3-5)9-8(12)4-14-13-9/h1-4H,12H2. The van der Waals surface area contributed by atoms with Gasteiger partial charge in [0, 0.05) is 17.0 Å². The molecule has 0 unspecified atom stereocenters. The van der Waals surface area contributed by atoms with Crippen molar-refractivity contribution in [3.8, 4) is 11.3 Å². The van der Waals surface area contributed by atoms with Crippen molar-refractivity contribution >= 4 is 17.2 Å². The van der Waals surface area contributed by atoms with Crippen LogP contribution in [0, 0.1) is 11.6 Å². The highest BCUT2D eigenvalue weighted by molar-refractivity contribution is 7.04. The number of nitrogens with zero attached hydrogens (tertiary/aromatic N) is 1. The van der Waals surface area contributed by atoms with Crippen molar-refractivity contribution in [2.75, 3.05) is 5.73 Å². The summed E-state index contributed by atoms with van der Waals surface area (Å²) in [5, 5.41) is 1.61. The van der Waals surface area contributed by atoms with Gasteiger partial charge in [-0.3, -0.25) is 0 Å². The van der Waals surface area contributed by atoms with E-state index in [1.165, 1.54) is 12.1 Å². The molecule has 14 heavy (non-hydrogen) atoms. The molecule has 0 aliphatic carbocycles. The fraction of sp³-hybridized carbons (Fsp3) is 0. The van der Waals surface area contributed by atoms with E-state index in [2.05, 4.69) is 4.37 Å². The van der Waals surface area contributed by atoms with Crippen LogP contribution in [0.3, 0.4) is 0 Å². The minimum absolute atomic E-state index is 0.227. The highest BCUT2D eigenvalue weighted by Gasteiger charge is 2.11. The van der Waals surface area contributed by atoms with Crippen LogP contribution >= 0.6 is 11.5 Å². The predicted octanol–water partition coefficient (Wildman–Crippen LogP) is 2.67. The van der Waals surface area contributed by atoms with Crippen LogP contribution in [0.2, 0.25) is 0 Å². The zero-order chi connectivity index (χ0) is 10.1. The molecule has 1 aromatic carbocycles. The summed E-state index contributed by atoms with van der Waals surface area (Å²) in [5.74, 6) is -1.26. The lowest BCUT2D eigenvalue weighted by molar-refractivity contribution is 0.585. The van der Waals surface area contributed by atoms with Gasteiger partial charge in [0.2, 0.25) is 0 Å². The maximum Gasteiger partial charge on any atom is 0.135 e. The number of nitrogens with two attached hydrogens (primary N) is 1. The van der Waals surface area contributed by atoms with Crippen LogP contribution in [-0.2, 0) is 0 Å². The van der Waals surface area contributed by atoms with Crippen molar-refractivity contribution in [1.29, 1.82) is 0 Å². The SMILES string of the molecule is Nc1csnc1-c1ccc(F)cc1F. The molecule has 1 aromatic heterocycles. The van der Waals surface area contributed by atoms with Crippen molar-refractivity contribution in [1.82, 2.24) is 4.37 Å². The third-order valence-electron chi connectivity index (χ3n) is 1.78. The molecule has 0 saturated carbocycles. The lowest BCUT2D eigenvalue weighted by Crippen LogP contribution is -1.90. The fourth-order valence-electron chi connectivity index (χ4n) is 1.13. The smallest absolute Gasteiger partial charge is 0.135 e. The van der Waals surface area contributed by atoms with Crippen LogP contribution in [0.5, 0.6) is 0 Å². The van der Waals surface area contributed by atoms with E-state index < -0.39 is 11.6 Å². The molecule has 0 atom stereocenters. The van der Waals surface area contributed by atoms with Gasteiger partial charge in [0.15, 0.2) is 0 Å². The van der Waals surface area contributed by atoms with Crippen LogP contribution in [0.15, 0.2) is 23.6 Å². The Labute approximate surface area is 83.2 Å². The molecular formula is C9H6F2N2S.